The molecule has 1 unspecified atom stereocenters. The van der Waals surface area contributed by atoms with Crippen LogP contribution in [0.3, 0.4) is 0 Å². The van der Waals surface area contributed by atoms with Crippen molar-refractivity contribution in [3.05, 3.63) is 34.3 Å². The van der Waals surface area contributed by atoms with Crippen LogP contribution in [0.2, 0.25) is 0 Å². The Balaban J connectivity index is 2.00. The molecule has 16 heavy (non-hydrogen) atoms. The van der Waals surface area contributed by atoms with Gasteiger partial charge in [0.25, 0.3) is 0 Å². The van der Waals surface area contributed by atoms with Gasteiger partial charge in [-0.05, 0) is 23.6 Å². The van der Waals surface area contributed by atoms with Crippen molar-refractivity contribution in [1.82, 2.24) is 4.90 Å². The third-order valence-corrected chi connectivity index (χ3v) is 3.69. The number of nitrogens with zero attached hydrogens (tertiary/aromatic N) is 1. The molecule has 0 radical (unpaired) electrons. The second-order valence-corrected chi connectivity index (χ2v) is 5.29. The average molecular weight is 282 g/mol. The fraction of sp³-hybridized carbons (Fsp3) is 0.462. The van der Waals surface area contributed by atoms with Gasteiger partial charge in [0.2, 0.25) is 5.91 Å². The van der Waals surface area contributed by atoms with Gasteiger partial charge in [0.15, 0.2) is 0 Å². The molecule has 2 rings (SSSR count). The zero-order valence-corrected chi connectivity index (χ0v) is 11.0. The van der Waals surface area contributed by atoms with Gasteiger partial charge in [0.1, 0.15) is 0 Å². The summed E-state index contributed by atoms with van der Waals surface area (Å²) in [5.74, 6) is 0.859. The Labute approximate surface area is 105 Å². The Morgan fingerprint density at radius 3 is 2.62 bits per heavy atom. The number of halogens is 1. The highest BCUT2D eigenvalue weighted by atomic mass is 79.9. The average Bonchev–Trinajstić information content (AvgIpc) is 2.63. The summed E-state index contributed by atoms with van der Waals surface area (Å²) in [7, 11) is 0. The van der Waals surface area contributed by atoms with Gasteiger partial charge in [-0.1, -0.05) is 41.4 Å². The van der Waals surface area contributed by atoms with Crippen LogP contribution >= 0.6 is 15.9 Å². The highest BCUT2D eigenvalue weighted by Crippen LogP contribution is 2.22. The molecule has 0 spiro atoms. The number of rotatable bonds is 3. The van der Waals surface area contributed by atoms with E-state index in [1.165, 1.54) is 5.56 Å². The van der Waals surface area contributed by atoms with Crippen LogP contribution in [0.5, 0.6) is 0 Å². The molecule has 1 aliphatic rings. The Bertz CT molecular complexity index is 374. The SMILES string of the molecule is CCC1CC(=O)N(Cc2ccc(Br)cc2)C1. The van der Waals surface area contributed by atoms with Crippen LogP contribution in [-0.2, 0) is 11.3 Å². The molecule has 0 aliphatic carbocycles. The molecule has 1 aromatic rings. The maximum absolute atomic E-state index is 11.7. The first-order chi connectivity index (χ1) is 7.69. The summed E-state index contributed by atoms with van der Waals surface area (Å²) < 4.78 is 1.08. The van der Waals surface area contributed by atoms with Crippen molar-refractivity contribution in [2.75, 3.05) is 6.54 Å². The first kappa shape index (κ1) is 11.6. The lowest BCUT2D eigenvalue weighted by molar-refractivity contribution is -0.128. The van der Waals surface area contributed by atoms with Crippen LogP contribution in [0.25, 0.3) is 0 Å². The number of carbonyl (C=O) groups is 1. The Morgan fingerprint density at radius 2 is 2.06 bits per heavy atom. The van der Waals surface area contributed by atoms with E-state index >= 15 is 0 Å². The summed E-state index contributed by atoms with van der Waals surface area (Å²) in [6.07, 6.45) is 1.83. The number of benzene rings is 1. The quantitative estimate of drug-likeness (QED) is 0.833. The predicted octanol–water partition coefficient (Wildman–Crippen LogP) is 3.21. The molecule has 0 bridgehead atoms. The molecule has 0 N–H and O–H groups in total. The van der Waals surface area contributed by atoms with Crippen LogP contribution in [0, 0.1) is 5.92 Å². The number of carbonyl (C=O) groups excluding carboxylic acids is 1. The summed E-state index contributed by atoms with van der Waals surface area (Å²) >= 11 is 3.41. The fourth-order valence-electron chi connectivity index (χ4n) is 2.09. The Hall–Kier alpha value is -0.830. The molecular formula is C13H16BrNO. The van der Waals surface area contributed by atoms with Crippen LogP contribution < -0.4 is 0 Å². The predicted molar refractivity (Wildman–Crippen MR) is 68.0 cm³/mol. The molecule has 1 aromatic carbocycles. The van der Waals surface area contributed by atoms with Gasteiger partial charge in [-0.2, -0.15) is 0 Å². The van der Waals surface area contributed by atoms with Crippen molar-refractivity contribution in [1.29, 1.82) is 0 Å². The molecule has 1 fully saturated rings. The van der Waals surface area contributed by atoms with Gasteiger partial charge >= 0.3 is 0 Å². The van der Waals surface area contributed by atoms with Gasteiger partial charge in [-0.3, -0.25) is 4.79 Å². The number of likely N-dealkylation sites (tertiary alicyclic amines) is 1. The van der Waals surface area contributed by atoms with E-state index in [-0.39, 0.29) is 0 Å². The van der Waals surface area contributed by atoms with Gasteiger partial charge in [0, 0.05) is 24.0 Å². The molecule has 86 valence electrons. The lowest BCUT2D eigenvalue weighted by atomic mass is 10.1. The minimum atomic E-state index is 0.301. The van der Waals surface area contributed by atoms with Crippen LogP contribution in [-0.4, -0.2) is 17.4 Å². The standard InChI is InChI=1S/C13H16BrNO/c1-2-10-7-13(16)15(8-10)9-11-3-5-12(14)6-4-11/h3-6,10H,2,7-9H2,1H3. The largest absolute Gasteiger partial charge is 0.338 e. The van der Waals surface area contributed by atoms with Gasteiger partial charge in [-0.15, -0.1) is 0 Å². The first-order valence-corrected chi connectivity index (χ1v) is 6.50. The molecule has 1 saturated heterocycles. The zero-order valence-electron chi connectivity index (χ0n) is 9.45. The van der Waals surface area contributed by atoms with E-state index in [2.05, 4.69) is 35.0 Å². The maximum atomic E-state index is 11.7. The topological polar surface area (TPSA) is 20.3 Å². The monoisotopic (exact) mass is 281 g/mol. The molecule has 3 heteroatoms. The Kier molecular flexibility index (Phi) is 3.64. The molecule has 0 aromatic heterocycles. The number of amides is 1. The maximum Gasteiger partial charge on any atom is 0.223 e. The lowest BCUT2D eigenvalue weighted by Crippen LogP contribution is -2.24. The van der Waals surface area contributed by atoms with E-state index in [4.69, 9.17) is 0 Å². The summed E-state index contributed by atoms with van der Waals surface area (Å²) in [4.78, 5) is 13.7. The van der Waals surface area contributed by atoms with Crippen molar-refractivity contribution < 1.29 is 4.79 Å². The van der Waals surface area contributed by atoms with Crippen LogP contribution in [0.1, 0.15) is 25.3 Å². The summed E-state index contributed by atoms with van der Waals surface area (Å²) in [5.41, 5.74) is 1.20. The molecule has 1 aliphatic heterocycles. The van der Waals surface area contributed by atoms with E-state index in [1.807, 2.05) is 17.0 Å². The second-order valence-electron chi connectivity index (χ2n) is 4.38. The fourth-order valence-corrected chi connectivity index (χ4v) is 2.35. The molecule has 1 amide bonds. The minimum absolute atomic E-state index is 0.301. The van der Waals surface area contributed by atoms with Gasteiger partial charge in [0.05, 0.1) is 0 Å². The zero-order chi connectivity index (χ0) is 11.5. The third kappa shape index (κ3) is 2.64. The van der Waals surface area contributed by atoms with Crippen molar-refractivity contribution in [3.63, 3.8) is 0 Å². The van der Waals surface area contributed by atoms with E-state index in [9.17, 15) is 4.79 Å². The molecule has 1 heterocycles. The number of hydrogen-bond donors (Lipinski definition) is 0. The highest BCUT2D eigenvalue weighted by molar-refractivity contribution is 9.10. The van der Waals surface area contributed by atoms with Gasteiger partial charge < -0.3 is 4.90 Å². The van der Waals surface area contributed by atoms with Crippen molar-refractivity contribution in [2.45, 2.75) is 26.3 Å². The summed E-state index contributed by atoms with van der Waals surface area (Å²) in [6, 6.07) is 8.17. The third-order valence-electron chi connectivity index (χ3n) is 3.16. The van der Waals surface area contributed by atoms with Crippen molar-refractivity contribution in [2.24, 2.45) is 5.92 Å². The molecule has 1 atom stereocenters. The van der Waals surface area contributed by atoms with E-state index < -0.39 is 0 Å². The smallest absolute Gasteiger partial charge is 0.223 e. The van der Waals surface area contributed by atoms with E-state index in [1.54, 1.807) is 0 Å². The second kappa shape index (κ2) is 5.00. The number of hydrogen-bond acceptors (Lipinski definition) is 1. The van der Waals surface area contributed by atoms with Crippen molar-refractivity contribution >= 4 is 21.8 Å². The Morgan fingerprint density at radius 1 is 1.38 bits per heavy atom. The molecular weight excluding hydrogens is 266 g/mol. The highest BCUT2D eigenvalue weighted by Gasteiger charge is 2.27. The minimum Gasteiger partial charge on any atom is -0.338 e. The van der Waals surface area contributed by atoms with Crippen LogP contribution in [0.15, 0.2) is 28.7 Å². The molecule has 0 saturated carbocycles. The first-order valence-electron chi connectivity index (χ1n) is 5.71. The lowest BCUT2D eigenvalue weighted by Gasteiger charge is -2.16. The summed E-state index contributed by atoms with van der Waals surface area (Å²) in [6.45, 7) is 3.83. The molecule has 2 nitrogen and oxygen atoms in total. The summed E-state index contributed by atoms with van der Waals surface area (Å²) in [5, 5.41) is 0. The normalized spacial score (nSPS) is 20.5. The van der Waals surface area contributed by atoms with E-state index in [0.717, 1.165) is 30.4 Å². The van der Waals surface area contributed by atoms with Crippen molar-refractivity contribution in [3.8, 4) is 0 Å². The van der Waals surface area contributed by atoms with Gasteiger partial charge in [-0.25, -0.2) is 0 Å². The van der Waals surface area contributed by atoms with E-state index in [0.29, 0.717) is 11.8 Å². The van der Waals surface area contributed by atoms with Crippen LogP contribution in [0.4, 0.5) is 0 Å².